The number of nitrogen functional groups attached to an aromatic ring is 1. The van der Waals surface area contributed by atoms with E-state index in [9.17, 15) is 4.79 Å². The molecule has 0 bridgehead atoms. The Balaban J connectivity index is 2.26. The van der Waals surface area contributed by atoms with Crippen LogP contribution in [0.3, 0.4) is 0 Å². The second-order valence-electron chi connectivity index (χ2n) is 3.98. The summed E-state index contributed by atoms with van der Waals surface area (Å²) in [5, 5.41) is 3.44. The minimum absolute atomic E-state index is 0.263. The number of pyridine rings is 1. The van der Waals surface area contributed by atoms with Crippen molar-refractivity contribution in [3.05, 3.63) is 52.8 Å². The van der Waals surface area contributed by atoms with Crippen molar-refractivity contribution in [2.75, 3.05) is 10.7 Å². The number of nitrogens with zero attached hydrogens (tertiary/aromatic N) is 1. The summed E-state index contributed by atoms with van der Waals surface area (Å²) in [6, 6.07) is 6.85. The SMILES string of the molecule is Cc1cc(Cl)ccc1NC(=O)c1ccncc1NN. The van der Waals surface area contributed by atoms with Gasteiger partial charge in [0.05, 0.1) is 17.4 Å². The molecule has 0 fully saturated rings. The Morgan fingerprint density at radius 1 is 1.32 bits per heavy atom. The van der Waals surface area contributed by atoms with E-state index in [1.54, 1.807) is 24.3 Å². The first-order valence-corrected chi connectivity index (χ1v) is 5.97. The summed E-state index contributed by atoms with van der Waals surface area (Å²) in [6.45, 7) is 1.87. The van der Waals surface area contributed by atoms with Crippen LogP contribution in [0, 0.1) is 6.92 Å². The molecule has 0 aliphatic rings. The molecule has 19 heavy (non-hydrogen) atoms. The number of benzene rings is 1. The van der Waals surface area contributed by atoms with Crippen LogP contribution in [0.25, 0.3) is 0 Å². The predicted octanol–water partition coefficient (Wildman–Crippen LogP) is 2.58. The molecule has 0 aliphatic heterocycles. The van der Waals surface area contributed by atoms with Gasteiger partial charge in [-0.05, 0) is 36.8 Å². The number of carbonyl (C=O) groups excluding carboxylic acids is 1. The summed E-state index contributed by atoms with van der Waals surface area (Å²) in [7, 11) is 0. The van der Waals surface area contributed by atoms with Gasteiger partial charge in [-0.15, -0.1) is 0 Å². The highest BCUT2D eigenvalue weighted by atomic mass is 35.5. The van der Waals surface area contributed by atoms with Crippen molar-refractivity contribution in [1.82, 2.24) is 4.98 Å². The number of aromatic nitrogens is 1. The highest BCUT2D eigenvalue weighted by molar-refractivity contribution is 6.30. The van der Waals surface area contributed by atoms with Gasteiger partial charge in [-0.2, -0.15) is 0 Å². The van der Waals surface area contributed by atoms with Gasteiger partial charge in [0.1, 0.15) is 0 Å². The highest BCUT2D eigenvalue weighted by Crippen LogP contribution is 2.21. The van der Waals surface area contributed by atoms with Crippen LogP contribution < -0.4 is 16.6 Å². The van der Waals surface area contributed by atoms with Crippen LogP contribution in [0.15, 0.2) is 36.7 Å². The number of hydrazine groups is 1. The van der Waals surface area contributed by atoms with Gasteiger partial charge in [0.2, 0.25) is 0 Å². The summed E-state index contributed by atoms with van der Waals surface area (Å²) >= 11 is 5.87. The summed E-state index contributed by atoms with van der Waals surface area (Å²) in [5.74, 6) is 5.08. The smallest absolute Gasteiger partial charge is 0.257 e. The van der Waals surface area contributed by atoms with Gasteiger partial charge in [-0.25, -0.2) is 0 Å². The third kappa shape index (κ3) is 3.01. The van der Waals surface area contributed by atoms with Gasteiger partial charge in [-0.3, -0.25) is 15.6 Å². The molecule has 6 heteroatoms. The number of anilines is 2. The fourth-order valence-corrected chi connectivity index (χ4v) is 1.89. The Kier molecular flexibility index (Phi) is 3.99. The van der Waals surface area contributed by atoms with E-state index in [0.717, 1.165) is 5.56 Å². The molecule has 1 heterocycles. The molecule has 1 aromatic carbocycles. The normalized spacial score (nSPS) is 10.1. The second kappa shape index (κ2) is 5.69. The van der Waals surface area contributed by atoms with Crippen LogP contribution in [-0.2, 0) is 0 Å². The molecule has 0 saturated carbocycles. The van der Waals surface area contributed by atoms with Crippen LogP contribution in [0.2, 0.25) is 5.02 Å². The molecule has 0 aliphatic carbocycles. The zero-order valence-corrected chi connectivity index (χ0v) is 11.0. The minimum Gasteiger partial charge on any atom is -0.322 e. The maximum Gasteiger partial charge on any atom is 0.257 e. The summed E-state index contributed by atoms with van der Waals surface area (Å²) in [5.41, 5.74) is 4.92. The quantitative estimate of drug-likeness (QED) is 0.595. The van der Waals surface area contributed by atoms with Crippen molar-refractivity contribution in [3.8, 4) is 0 Å². The zero-order chi connectivity index (χ0) is 13.8. The maximum atomic E-state index is 12.2. The number of amides is 1. The van der Waals surface area contributed by atoms with E-state index in [1.807, 2.05) is 6.92 Å². The Morgan fingerprint density at radius 2 is 2.11 bits per heavy atom. The lowest BCUT2D eigenvalue weighted by molar-refractivity contribution is 0.102. The number of halogens is 1. The van der Waals surface area contributed by atoms with Gasteiger partial charge >= 0.3 is 0 Å². The van der Waals surface area contributed by atoms with Crippen LogP contribution in [0.1, 0.15) is 15.9 Å². The van der Waals surface area contributed by atoms with E-state index in [2.05, 4.69) is 15.7 Å². The number of nitrogens with one attached hydrogen (secondary N) is 2. The van der Waals surface area contributed by atoms with Crippen molar-refractivity contribution < 1.29 is 4.79 Å². The average molecular weight is 277 g/mol. The van der Waals surface area contributed by atoms with Gasteiger partial charge in [0.15, 0.2) is 0 Å². The average Bonchev–Trinajstić information content (AvgIpc) is 2.41. The predicted molar refractivity (Wildman–Crippen MR) is 76.2 cm³/mol. The number of rotatable bonds is 3. The maximum absolute atomic E-state index is 12.2. The molecule has 0 radical (unpaired) electrons. The van der Waals surface area contributed by atoms with Gasteiger partial charge in [0.25, 0.3) is 5.91 Å². The second-order valence-corrected chi connectivity index (χ2v) is 4.42. The first-order chi connectivity index (χ1) is 9.11. The Hall–Kier alpha value is -2.11. The van der Waals surface area contributed by atoms with E-state index in [-0.39, 0.29) is 5.91 Å². The molecule has 5 nitrogen and oxygen atoms in total. The Labute approximate surface area is 115 Å². The lowest BCUT2D eigenvalue weighted by Crippen LogP contribution is -2.17. The van der Waals surface area contributed by atoms with E-state index in [1.165, 1.54) is 12.4 Å². The number of aryl methyl sites for hydroxylation is 1. The van der Waals surface area contributed by atoms with E-state index in [0.29, 0.717) is 22.0 Å². The van der Waals surface area contributed by atoms with Gasteiger partial charge < -0.3 is 10.7 Å². The molecule has 1 amide bonds. The molecule has 0 spiro atoms. The molecule has 1 aromatic heterocycles. The third-order valence-corrected chi connectivity index (χ3v) is 2.89. The lowest BCUT2D eigenvalue weighted by atomic mass is 10.1. The fraction of sp³-hybridized carbons (Fsp3) is 0.0769. The third-order valence-electron chi connectivity index (χ3n) is 2.66. The standard InChI is InChI=1S/C13H13ClN4O/c1-8-6-9(14)2-3-11(8)17-13(19)10-4-5-16-7-12(10)18-15/h2-7,18H,15H2,1H3,(H,17,19). The Morgan fingerprint density at radius 3 is 2.79 bits per heavy atom. The summed E-state index contributed by atoms with van der Waals surface area (Å²) in [4.78, 5) is 16.1. The molecular weight excluding hydrogens is 264 g/mol. The van der Waals surface area contributed by atoms with Gasteiger partial charge in [-0.1, -0.05) is 11.6 Å². The molecule has 2 aromatic rings. The highest BCUT2D eigenvalue weighted by Gasteiger charge is 2.12. The van der Waals surface area contributed by atoms with Crippen molar-refractivity contribution in [3.63, 3.8) is 0 Å². The minimum atomic E-state index is -0.263. The van der Waals surface area contributed by atoms with E-state index in [4.69, 9.17) is 17.4 Å². The molecule has 2 rings (SSSR count). The molecular formula is C13H13ClN4O. The number of hydrogen-bond acceptors (Lipinski definition) is 4. The molecule has 0 atom stereocenters. The van der Waals surface area contributed by atoms with Crippen LogP contribution in [0.5, 0.6) is 0 Å². The largest absolute Gasteiger partial charge is 0.322 e. The van der Waals surface area contributed by atoms with Crippen molar-refractivity contribution in [2.45, 2.75) is 6.92 Å². The van der Waals surface area contributed by atoms with E-state index >= 15 is 0 Å². The monoisotopic (exact) mass is 276 g/mol. The molecule has 4 N–H and O–H groups in total. The van der Waals surface area contributed by atoms with Crippen molar-refractivity contribution in [1.29, 1.82) is 0 Å². The zero-order valence-electron chi connectivity index (χ0n) is 10.3. The van der Waals surface area contributed by atoms with Crippen LogP contribution in [-0.4, -0.2) is 10.9 Å². The van der Waals surface area contributed by atoms with Crippen LogP contribution in [0.4, 0.5) is 11.4 Å². The summed E-state index contributed by atoms with van der Waals surface area (Å²) in [6.07, 6.45) is 3.02. The first kappa shape index (κ1) is 13.3. The van der Waals surface area contributed by atoms with Crippen molar-refractivity contribution >= 4 is 28.9 Å². The van der Waals surface area contributed by atoms with Gasteiger partial charge in [0, 0.05) is 16.9 Å². The number of carbonyl (C=O) groups is 1. The molecule has 0 saturated heterocycles. The number of nitrogens with two attached hydrogens (primary N) is 1. The van der Waals surface area contributed by atoms with Crippen LogP contribution >= 0.6 is 11.6 Å². The fourth-order valence-electron chi connectivity index (χ4n) is 1.66. The molecule has 98 valence electrons. The number of hydrogen-bond donors (Lipinski definition) is 3. The Bertz CT molecular complexity index is 615. The lowest BCUT2D eigenvalue weighted by Gasteiger charge is -2.11. The van der Waals surface area contributed by atoms with E-state index < -0.39 is 0 Å². The molecule has 0 unspecified atom stereocenters. The first-order valence-electron chi connectivity index (χ1n) is 5.60. The van der Waals surface area contributed by atoms with Crippen molar-refractivity contribution in [2.24, 2.45) is 5.84 Å². The topological polar surface area (TPSA) is 80.0 Å². The summed E-state index contributed by atoms with van der Waals surface area (Å²) < 4.78 is 0.